The smallest absolute Gasteiger partial charge is 0.332 e. The molecule has 0 saturated carbocycles. The van der Waals surface area contributed by atoms with Crippen LogP contribution in [0.2, 0.25) is 0 Å². The standard InChI is InChI=1S/C12H13N5O2/c1-19-10-3-4-11(17-6-2-5-15-17)9(7-10)8-14-16-12(13)18/h2-8H,1H3,(H3,13,16,18). The Labute approximate surface area is 109 Å². The van der Waals surface area contributed by atoms with Crippen molar-refractivity contribution < 1.29 is 9.53 Å². The largest absolute Gasteiger partial charge is 0.497 e. The van der Waals surface area contributed by atoms with Crippen molar-refractivity contribution >= 4 is 12.2 Å². The number of aromatic nitrogens is 2. The van der Waals surface area contributed by atoms with Gasteiger partial charge in [0.15, 0.2) is 0 Å². The van der Waals surface area contributed by atoms with Gasteiger partial charge in [0.1, 0.15) is 5.75 Å². The SMILES string of the molecule is COc1ccc(-n2cccn2)c(C=NNC(N)=O)c1. The van der Waals surface area contributed by atoms with Gasteiger partial charge in [0.25, 0.3) is 0 Å². The Hall–Kier alpha value is -2.83. The van der Waals surface area contributed by atoms with Crippen molar-refractivity contribution in [1.29, 1.82) is 0 Å². The van der Waals surface area contributed by atoms with Crippen LogP contribution in [0.15, 0.2) is 41.8 Å². The zero-order valence-corrected chi connectivity index (χ0v) is 10.3. The van der Waals surface area contributed by atoms with Crippen LogP contribution >= 0.6 is 0 Å². The number of nitrogens with one attached hydrogen (secondary N) is 1. The summed E-state index contributed by atoms with van der Waals surface area (Å²) in [4.78, 5) is 10.6. The number of rotatable bonds is 4. The van der Waals surface area contributed by atoms with Gasteiger partial charge in [-0.25, -0.2) is 14.9 Å². The van der Waals surface area contributed by atoms with E-state index in [-0.39, 0.29) is 0 Å². The van der Waals surface area contributed by atoms with E-state index >= 15 is 0 Å². The Balaban J connectivity index is 2.37. The van der Waals surface area contributed by atoms with Crippen LogP contribution in [0, 0.1) is 0 Å². The highest BCUT2D eigenvalue weighted by Gasteiger charge is 2.05. The first-order chi connectivity index (χ1) is 9.20. The van der Waals surface area contributed by atoms with E-state index in [9.17, 15) is 4.79 Å². The number of carbonyl (C=O) groups excluding carboxylic acids is 1. The molecule has 19 heavy (non-hydrogen) atoms. The third kappa shape index (κ3) is 3.09. The van der Waals surface area contributed by atoms with E-state index in [4.69, 9.17) is 10.5 Å². The number of nitrogens with zero attached hydrogens (tertiary/aromatic N) is 3. The lowest BCUT2D eigenvalue weighted by atomic mass is 10.2. The molecule has 7 nitrogen and oxygen atoms in total. The lowest BCUT2D eigenvalue weighted by Gasteiger charge is -2.08. The second-order valence-corrected chi connectivity index (χ2v) is 3.61. The van der Waals surface area contributed by atoms with Crippen molar-refractivity contribution in [2.24, 2.45) is 10.8 Å². The summed E-state index contributed by atoms with van der Waals surface area (Å²) in [6.07, 6.45) is 4.96. The van der Waals surface area contributed by atoms with E-state index in [0.717, 1.165) is 11.3 Å². The number of hydrogen-bond acceptors (Lipinski definition) is 4. The van der Waals surface area contributed by atoms with Gasteiger partial charge in [-0.2, -0.15) is 10.2 Å². The molecule has 2 rings (SSSR count). The topological polar surface area (TPSA) is 94.5 Å². The minimum atomic E-state index is -0.722. The molecule has 0 aliphatic heterocycles. The Morgan fingerprint density at radius 1 is 1.58 bits per heavy atom. The van der Waals surface area contributed by atoms with Gasteiger partial charge in [0.05, 0.1) is 19.0 Å². The van der Waals surface area contributed by atoms with Crippen LogP contribution in [0.5, 0.6) is 5.75 Å². The van der Waals surface area contributed by atoms with E-state index in [0.29, 0.717) is 5.75 Å². The number of nitrogens with two attached hydrogens (primary N) is 1. The molecule has 0 saturated heterocycles. The van der Waals surface area contributed by atoms with E-state index in [1.54, 1.807) is 30.3 Å². The number of methoxy groups -OCH3 is 1. The zero-order chi connectivity index (χ0) is 13.7. The quantitative estimate of drug-likeness (QED) is 0.630. The number of amides is 2. The first-order valence-electron chi connectivity index (χ1n) is 5.47. The van der Waals surface area contributed by atoms with E-state index < -0.39 is 6.03 Å². The van der Waals surface area contributed by atoms with Crippen LogP contribution in [0.25, 0.3) is 5.69 Å². The molecule has 0 spiro atoms. The number of benzene rings is 1. The van der Waals surface area contributed by atoms with Gasteiger partial charge in [0, 0.05) is 18.0 Å². The maximum atomic E-state index is 10.6. The van der Waals surface area contributed by atoms with Crippen molar-refractivity contribution in [2.75, 3.05) is 7.11 Å². The predicted molar refractivity (Wildman–Crippen MR) is 70.4 cm³/mol. The summed E-state index contributed by atoms with van der Waals surface area (Å²) in [7, 11) is 1.57. The molecule has 98 valence electrons. The predicted octanol–water partition coefficient (Wildman–Crippen LogP) is 0.883. The second kappa shape index (κ2) is 5.67. The molecular formula is C12H13N5O2. The Bertz CT molecular complexity index is 592. The van der Waals surface area contributed by atoms with E-state index in [1.165, 1.54) is 6.21 Å². The number of ether oxygens (including phenoxy) is 1. The number of hydrogen-bond donors (Lipinski definition) is 2. The summed E-state index contributed by atoms with van der Waals surface area (Å²) in [6.45, 7) is 0. The molecule has 3 N–H and O–H groups in total. The average molecular weight is 259 g/mol. The highest BCUT2D eigenvalue weighted by Crippen LogP contribution is 2.19. The summed E-state index contributed by atoms with van der Waals surface area (Å²) in [5, 5.41) is 7.89. The highest BCUT2D eigenvalue weighted by molar-refractivity contribution is 5.86. The molecule has 2 aromatic rings. The summed E-state index contributed by atoms with van der Waals surface area (Å²) in [5.41, 5.74) is 8.62. The van der Waals surface area contributed by atoms with E-state index in [1.807, 2.05) is 18.2 Å². The molecule has 0 aliphatic carbocycles. The maximum Gasteiger partial charge on any atom is 0.332 e. The van der Waals surface area contributed by atoms with Crippen molar-refractivity contribution in [1.82, 2.24) is 15.2 Å². The number of primary amides is 1. The third-order valence-electron chi connectivity index (χ3n) is 2.36. The minimum absolute atomic E-state index is 0.677. The number of urea groups is 1. The average Bonchev–Trinajstić information content (AvgIpc) is 2.92. The first kappa shape index (κ1) is 12.6. The number of carbonyl (C=O) groups is 1. The number of hydrazone groups is 1. The Kier molecular flexibility index (Phi) is 3.77. The van der Waals surface area contributed by atoms with Crippen LogP contribution in [0.4, 0.5) is 4.79 Å². The maximum absolute atomic E-state index is 10.6. The monoisotopic (exact) mass is 259 g/mol. The van der Waals surface area contributed by atoms with Crippen molar-refractivity contribution in [2.45, 2.75) is 0 Å². The molecule has 0 unspecified atom stereocenters. The van der Waals surface area contributed by atoms with Gasteiger partial charge in [0.2, 0.25) is 0 Å². The van der Waals surface area contributed by atoms with Gasteiger partial charge in [-0.05, 0) is 24.3 Å². The molecule has 0 bridgehead atoms. The lowest BCUT2D eigenvalue weighted by Crippen LogP contribution is -2.24. The summed E-state index contributed by atoms with van der Waals surface area (Å²) in [6, 6.07) is 6.53. The van der Waals surface area contributed by atoms with Crippen LogP contribution < -0.4 is 15.9 Å². The highest BCUT2D eigenvalue weighted by atomic mass is 16.5. The fourth-order valence-corrected chi connectivity index (χ4v) is 1.55. The van der Waals surface area contributed by atoms with Crippen LogP contribution in [-0.4, -0.2) is 29.1 Å². The molecule has 2 amide bonds. The molecule has 0 fully saturated rings. The summed E-state index contributed by atoms with van der Waals surface area (Å²) in [5.74, 6) is 0.677. The van der Waals surface area contributed by atoms with Gasteiger partial charge in [-0.3, -0.25) is 0 Å². The zero-order valence-electron chi connectivity index (χ0n) is 10.3. The molecule has 0 aliphatic rings. The summed E-state index contributed by atoms with van der Waals surface area (Å²) < 4.78 is 6.84. The minimum Gasteiger partial charge on any atom is -0.497 e. The molecule has 1 aromatic heterocycles. The van der Waals surface area contributed by atoms with Crippen LogP contribution in [-0.2, 0) is 0 Å². The molecule has 7 heteroatoms. The fraction of sp³-hybridized carbons (Fsp3) is 0.0833. The van der Waals surface area contributed by atoms with Gasteiger partial charge in [-0.1, -0.05) is 0 Å². The molecule has 0 radical (unpaired) electrons. The van der Waals surface area contributed by atoms with E-state index in [2.05, 4.69) is 15.6 Å². The molecule has 1 heterocycles. The molecule has 0 atom stereocenters. The summed E-state index contributed by atoms with van der Waals surface area (Å²) >= 11 is 0. The first-order valence-corrected chi connectivity index (χ1v) is 5.47. The normalized spacial score (nSPS) is 10.6. The fourth-order valence-electron chi connectivity index (χ4n) is 1.55. The van der Waals surface area contributed by atoms with Crippen molar-refractivity contribution in [3.05, 3.63) is 42.2 Å². The van der Waals surface area contributed by atoms with Crippen LogP contribution in [0.3, 0.4) is 0 Å². The third-order valence-corrected chi connectivity index (χ3v) is 2.36. The molecule has 1 aromatic carbocycles. The van der Waals surface area contributed by atoms with Crippen molar-refractivity contribution in [3.63, 3.8) is 0 Å². The second-order valence-electron chi connectivity index (χ2n) is 3.61. The Morgan fingerprint density at radius 3 is 3.05 bits per heavy atom. The van der Waals surface area contributed by atoms with Gasteiger partial charge >= 0.3 is 6.03 Å². The van der Waals surface area contributed by atoms with Crippen molar-refractivity contribution in [3.8, 4) is 11.4 Å². The lowest BCUT2D eigenvalue weighted by molar-refractivity contribution is 0.249. The van der Waals surface area contributed by atoms with Crippen LogP contribution in [0.1, 0.15) is 5.56 Å². The Morgan fingerprint density at radius 2 is 2.42 bits per heavy atom. The molecular weight excluding hydrogens is 246 g/mol. The van der Waals surface area contributed by atoms with Gasteiger partial charge < -0.3 is 10.5 Å². The van der Waals surface area contributed by atoms with Gasteiger partial charge in [-0.15, -0.1) is 0 Å².